The number of carbonyl (C=O) groups excluding carboxylic acids is 1. The molecule has 1 aliphatic rings. The highest BCUT2D eigenvalue weighted by Gasteiger charge is 2.20. The summed E-state index contributed by atoms with van der Waals surface area (Å²) in [6.07, 6.45) is 9.10. The van der Waals surface area contributed by atoms with E-state index in [1.807, 2.05) is 0 Å². The molecule has 3 heteroatoms. The SMILES string of the molecule is C#CCCCNC(=O)CNC1CC1. The van der Waals surface area contributed by atoms with E-state index in [9.17, 15) is 4.79 Å². The van der Waals surface area contributed by atoms with Crippen LogP contribution in [0.4, 0.5) is 0 Å². The van der Waals surface area contributed by atoms with Crippen molar-refractivity contribution < 1.29 is 4.79 Å². The van der Waals surface area contributed by atoms with Crippen LogP contribution in [0.15, 0.2) is 0 Å². The minimum atomic E-state index is 0.0731. The molecule has 0 aromatic rings. The number of rotatable bonds is 6. The summed E-state index contributed by atoms with van der Waals surface area (Å²) < 4.78 is 0. The fourth-order valence-electron chi connectivity index (χ4n) is 1.01. The Balaban J connectivity index is 1.88. The molecule has 0 aliphatic heterocycles. The molecule has 72 valence electrons. The van der Waals surface area contributed by atoms with Crippen molar-refractivity contribution in [1.82, 2.24) is 10.6 Å². The lowest BCUT2D eigenvalue weighted by Crippen LogP contribution is -2.35. The molecule has 3 nitrogen and oxygen atoms in total. The van der Waals surface area contributed by atoms with Gasteiger partial charge in [0.15, 0.2) is 0 Å². The second-order valence-corrected chi connectivity index (χ2v) is 3.31. The van der Waals surface area contributed by atoms with Gasteiger partial charge in [-0.1, -0.05) is 0 Å². The Morgan fingerprint density at radius 3 is 2.92 bits per heavy atom. The van der Waals surface area contributed by atoms with Crippen LogP contribution in [0.1, 0.15) is 25.7 Å². The lowest BCUT2D eigenvalue weighted by atomic mass is 10.3. The van der Waals surface area contributed by atoms with Gasteiger partial charge in [0.2, 0.25) is 5.91 Å². The lowest BCUT2D eigenvalue weighted by molar-refractivity contribution is -0.120. The third-order valence-corrected chi connectivity index (χ3v) is 1.95. The first kappa shape index (κ1) is 10.1. The summed E-state index contributed by atoms with van der Waals surface area (Å²) in [5.41, 5.74) is 0. The first-order valence-corrected chi connectivity index (χ1v) is 4.76. The predicted molar refractivity (Wildman–Crippen MR) is 52.1 cm³/mol. The van der Waals surface area contributed by atoms with Crippen LogP contribution in [0, 0.1) is 12.3 Å². The van der Waals surface area contributed by atoms with E-state index in [2.05, 4.69) is 16.6 Å². The van der Waals surface area contributed by atoms with Gasteiger partial charge in [-0.15, -0.1) is 12.3 Å². The molecule has 0 heterocycles. The average Bonchev–Trinajstić information content (AvgIpc) is 2.92. The summed E-state index contributed by atoms with van der Waals surface area (Å²) >= 11 is 0. The van der Waals surface area contributed by atoms with Crippen molar-refractivity contribution in [3.8, 4) is 12.3 Å². The minimum absolute atomic E-state index is 0.0731. The van der Waals surface area contributed by atoms with Gasteiger partial charge in [0.25, 0.3) is 0 Å². The molecule has 0 bridgehead atoms. The number of amides is 1. The van der Waals surface area contributed by atoms with Gasteiger partial charge in [-0.2, -0.15) is 0 Å². The van der Waals surface area contributed by atoms with E-state index in [-0.39, 0.29) is 5.91 Å². The number of terminal acetylenes is 1. The number of carbonyl (C=O) groups is 1. The Hall–Kier alpha value is -1.01. The van der Waals surface area contributed by atoms with Gasteiger partial charge in [0.1, 0.15) is 0 Å². The highest BCUT2D eigenvalue weighted by Crippen LogP contribution is 2.17. The van der Waals surface area contributed by atoms with E-state index in [1.165, 1.54) is 12.8 Å². The fraction of sp³-hybridized carbons (Fsp3) is 0.700. The second-order valence-electron chi connectivity index (χ2n) is 3.31. The molecule has 0 unspecified atom stereocenters. The van der Waals surface area contributed by atoms with Crippen molar-refractivity contribution in [3.05, 3.63) is 0 Å². The maximum absolute atomic E-state index is 11.1. The summed E-state index contributed by atoms with van der Waals surface area (Å²) in [7, 11) is 0. The van der Waals surface area contributed by atoms with E-state index < -0.39 is 0 Å². The molecule has 2 N–H and O–H groups in total. The molecule has 13 heavy (non-hydrogen) atoms. The van der Waals surface area contributed by atoms with Crippen LogP contribution in [0.5, 0.6) is 0 Å². The second kappa shape index (κ2) is 5.60. The number of hydrogen-bond donors (Lipinski definition) is 2. The van der Waals surface area contributed by atoms with E-state index in [0.29, 0.717) is 19.1 Å². The molecule has 1 rings (SSSR count). The van der Waals surface area contributed by atoms with Crippen molar-refractivity contribution in [3.63, 3.8) is 0 Å². The first-order chi connectivity index (χ1) is 6.33. The lowest BCUT2D eigenvalue weighted by Gasteiger charge is -2.04. The zero-order valence-corrected chi connectivity index (χ0v) is 7.81. The molecular weight excluding hydrogens is 164 g/mol. The third-order valence-electron chi connectivity index (χ3n) is 1.95. The van der Waals surface area contributed by atoms with E-state index in [4.69, 9.17) is 6.42 Å². The Kier molecular flexibility index (Phi) is 4.34. The maximum atomic E-state index is 11.1. The molecule has 0 aromatic carbocycles. The van der Waals surface area contributed by atoms with Crippen LogP contribution in [0.25, 0.3) is 0 Å². The highest BCUT2D eigenvalue weighted by atomic mass is 16.1. The number of nitrogens with one attached hydrogen (secondary N) is 2. The average molecular weight is 180 g/mol. The quantitative estimate of drug-likeness (QED) is 0.455. The van der Waals surface area contributed by atoms with Crippen molar-refractivity contribution in [2.75, 3.05) is 13.1 Å². The van der Waals surface area contributed by atoms with Crippen molar-refractivity contribution in [2.24, 2.45) is 0 Å². The molecule has 1 fully saturated rings. The first-order valence-electron chi connectivity index (χ1n) is 4.76. The van der Waals surface area contributed by atoms with Crippen LogP contribution in [0.2, 0.25) is 0 Å². The molecular formula is C10H16N2O. The van der Waals surface area contributed by atoms with Gasteiger partial charge < -0.3 is 10.6 Å². The molecule has 0 aromatic heterocycles. The highest BCUT2D eigenvalue weighted by molar-refractivity contribution is 5.78. The monoisotopic (exact) mass is 180 g/mol. The van der Waals surface area contributed by atoms with Crippen molar-refractivity contribution in [2.45, 2.75) is 31.7 Å². The molecule has 0 saturated heterocycles. The van der Waals surface area contributed by atoms with Gasteiger partial charge >= 0.3 is 0 Å². The Morgan fingerprint density at radius 2 is 2.31 bits per heavy atom. The minimum Gasteiger partial charge on any atom is -0.355 e. The predicted octanol–water partition coefficient (Wildman–Crippen LogP) is 0.268. The maximum Gasteiger partial charge on any atom is 0.233 e. The molecule has 1 amide bonds. The fourth-order valence-corrected chi connectivity index (χ4v) is 1.01. The zero-order chi connectivity index (χ0) is 9.52. The van der Waals surface area contributed by atoms with E-state index in [0.717, 1.165) is 12.8 Å². The summed E-state index contributed by atoms with van der Waals surface area (Å²) in [4.78, 5) is 11.1. The van der Waals surface area contributed by atoms with Crippen molar-refractivity contribution >= 4 is 5.91 Å². The largest absolute Gasteiger partial charge is 0.355 e. The molecule has 1 aliphatic carbocycles. The standard InChI is InChI=1S/C10H16N2O/c1-2-3-4-7-11-10(13)8-12-9-5-6-9/h1,9,12H,3-8H2,(H,11,13). The molecule has 0 spiro atoms. The van der Waals surface area contributed by atoms with Crippen LogP contribution in [0.3, 0.4) is 0 Å². The van der Waals surface area contributed by atoms with Gasteiger partial charge in [-0.05, 0) is 19.3 Å². The topological polar surface area (TPSA) is 41.1 Å². The van der Waals surface area contributed by atoms with Gasteiger partial charge in [0.05, 0.1) is 6.54 Å². The van der Waals surface area contributed by atoms with Gasteiger partial charge in [0, 0.05) is 19.0 Å². The summed E-state index contributed by atoms with van der Waals surface area (Å²) in [5, 5.41) is 5.95. The number of unbranched alkanes of at least 4 members (excludes halogenated alkanes) is 1. The van der Waals surface area contributed by atoms with Crippen LogP contribution < -0.4 is 10.6 Å². The molecule has 0 atom stereocenters. The third kappa shape index (κ3) is 5.26. The van der Waals surface area contributed by atoms with Crippen molar-refractivity contribution in [1.29, 1.82) is 0 Å². The van der Waals surface area contributed by atoms with Crippen LogP contribution in [-0.2, 0) is 4.79 Å². The van der Waals surface area contributed by atoms with Gasteiger partial charge in [-0.3, -0.25) is 4.79 Å². The summed E-state index contributed by atoms with van der Waals surface area (Å²) in [6, 6.07) is 0.594. The Bertz CT molecular complexity index is 203. The normalized spacial score (nSPS) is 15.0. The molecule has 0 radical (unpaired) electrons. The summed E-state index contributed by atoms with van der Waals surface area (Å²) in [6.45, 7) is 1.14. The van der Waals surface area contributed by atoms with E-state index >= 15 is 0 Å². The van der Waals surface area contributed by atoms with E-state index in [1.54, 1.807) is 0 Å². The number of hydrogen-bond acceptors (Lipinski definition) is 2. The van der Waals surface area contributed by atoms with Crippen LogP contribution in [-0.4, -0.2) is 25.0 Å². The van der Waals surface area contributed by atoms with Gasteiger partial charge in [-0.25, -0.2) is 0 Å². The summed E-state index contributed by atoms with van der Waals surface area (Å²) in [5.74, 6) is 2.61. The Morgan fingerprint density at radius 1 is 1.54 bits per heavy atom. The molecule has 1 saturated carbocycles. The smallest absolute Gasteiger partial charge is 0.233 e. The zero-order valence-electron chi connectivity index (χ0n) is 7.81. The Labute approximate surface area is 79.3 Å². The van der Waals surface area contributed by atoms with Crippen LogP contribution >= 0.6 is 0 Å².